The molecule has 0 bridgehead atoms. The molecule has 22 heavy (non-hydrogen) atoms. The van der Waals surface area contributed by atoms with E-state index in [1.165, 1.54) is 12.4 Å². The topological polar surface area (TPSA) is 93.2 Å². The largest absolute Gasteiger partial charge is 0.444 e. The van der Waals surface area contributed by atoms with Gasteiger partial charge in [-0.1, -0.05) is 0 Å². The van der Waals surface area contributed by atoms with Crippen molar-refractivity contribution in [1.29, 1.82) is 0 Å². The summed E-state index contributed by atoms with van der Waals surface area (Å²) in [5, 5.41) is 5.41. The Morgan fingerprint density at radius 3 is 2.41 bits per heavy atom. The van der Waals surface area contributed by atoms with Crippen molar-refractivity contribution in [3.63, 3.8) is 0 Å². The quantitative estimate of drug-likeness (QED) is 0.845. The Morgan fingerprint density at radius 1 is 1.23 bits per heavy atom. The number of alkyl carbamates (subject to hydrolysis) is 1. The van der Waals surface area contributed by atoms with Crippen molar-refractivity contribution in [3.8, 4) is 0 Å². The molecule has 1 aromatic heterocycles. The van der Waals surface area contributed by atoms with Gasteiger partial charge < -0.3 is 15.4 Å². The molecule has 0 saturated heterocycles. The minimum atomic E-state index is -0.669. The van der Waals surface area contributed by atoms with Crippen molar-refractivity contribution >= 4 is 27.9 Å². The van der Waals surface area contributed by atoms with Crippen LogP contribution in [0, 0.1) is 0 Å². The van der Waals surface area contributed by atoms with Gasteiger partial charge in [0.15, 0.2) is 0 Å². The second kappa shape index (κ2) is 7.04. The van der Waals surface area contributed by atoms with Crippen LogP contribution in [0.25, 0.3) is 0 Å². The van der Waals surface area contributed by atoms with Crippen LogP contribution in [0.3, 0.4) is 0 Å². The van der Waals surface area contributed by atoms with Gasteiger partial charge in [-0.25, -0.2) is 9.78 Å². The standard InChI is InChI=1S/C14H21BrN4O3/c1-13(2,3)22-12(21)19-14(4,5)8-17-11(20)9-6-16-7-10(15)18-9/h6-7H,8H2,1-5H3,(H,17,20)(H,19,21). The maximum atomic E-state index is 12.0. The highest BCUT2D eigenvalue weighted by molar-refractivity contribution is 9.10. The lowest BCUT2D eigenvalue weighted by Gasteiger charge is -2.28. The van der Waals surface area contributed by atoms with Gasteiger partial charge in [-0.2, -0.15) is 0 Å². The van der Waals surface area contributed by atoms with Crippen molar-refractivity contribution in [3.05, 3.63) is 22.7 Å². The number of aromatic nitrogens is 2. The molecule has 0 radical (unpaired) electrons. The average molecular weight is 373 g/mol. The van der Waals surface area contributed by atoms with E-state index in [-0.39, 0.29) is 18.1 Å². The summed E-state index contributed by atoms with van der Waals surface area (Å²) in [6.45, 7) is 9.14. The van der Waals surface area contributed by atoms with Crippen LogP contribution in [0.5, 0.6) is 0 Å². The van der Waals surface area contributed by atoms with Gasteiger partial charge in [0.2, 0.25) is 0 Å². The fourth-order valence-electron chi connectivity index (χ4n) is 1.47. The maximum Gasteiger partial charge on any atom is 0.408 e. The highest BCUT2D eigenvalue weighted by atomic mass is 79.9. The summed E-state index contributed by atoms with van der Waals surface area (Å²) in [5.41, 5.74) is -1.05. The number of carbonyl (C=O) groups is 2. The number of amides is 2. The van der Waals surface area contributed by atoms with E-state index in [9.17, 15) is 9.59 Å². The van der Waals surface area contributed by atoms with Crippen molar-refractivity contribution in [2.45, 2.75) is 45.8 Å². The van der Waals surface area contributed by atoms with Crippen molar-refractivity contribution in [1.82, 2.24) is 20.6 Å². The molecule has 1 rings (SSSR count). The van der Waals surface area contributed by atoms with Crippen LogP contribution in [0.4, 0.5) is 4.79 Å². The summed E-state index contributed by atoms with van der Waals surface area (Å²) in [4.78, 5) is 31.6. The second-order valence-corrected chi connectivity index (χ2v) is 7.23. The molecule has 2 amide bonds. The number of nitrogens with zero attached hydrogens (tertiary/aromatic N) is 2. The molecular formula is C14H21BrN4O3. The van der Waals surface area contributed by atoms with Crippen LogP contribution in [0.2, 0.25) is 0 Å². The highest BCUT2D eigenvalue weighted by Crippen LogP contribution is 2.09. The molecule has 0 unspecified atom stereocenters. The van der Waals surface area contributed by atoms with Gasteiger partial charge in [-0.05, 0) is 50.5 Å². The summed E-state index contributed by atoms with van der Waals surface area (Å²) in [5.74, 6) is -0.368. The third-order valence-electron chi connectivity index (χ3n) is 2.37. The monoisotopic (exact) mass is 372 g/mol. The normalized spacial score (nSPS) is 11.7. The number of carbonyl (C=O) groups excluding carboxylic acids is 2. The summed E-state index contributed by atoms with van der Waals surface area (Å²) < 4.78 is 5.67. The molecule has 7 nitrogen and oxygen atoms in total. The zero-order chi connectivity index (χ0) is 17.0. The third kappa shape index (κ3) is 6.84. The van der Waals surface area contributed by atoms with Gasteiger partial charge in [0.05, 0.1) is 17.9 Å². The lowest BCUT2D eigenvalue weighted by atomic mass is 10.1. The molecule has 0 aliphatic carbocycles. The second-order valence-electron chi connectivity index (χ2n) is 6.42. The van der Waals surface area contributed by atoms with E-state index < -0.39 is 17.2 Å². The smallest absolute Gasteiger partial charge is 0.408 e. The molecule has 0 spiro atoms. The molecule has 2 N–H and O–H groups in total. The molecule has 0 aliphatic rings. The molecule has 0 aliphatic heterocycles. The first-order chi connectivity index (χ1) is 9.98. The first-order valence-corrected chi connectivity index (χ1v) is 7.55. The van der Waals surface area contributed by atoms with Gasteiger partial charge in [0.25, 0.3) is 5.91 Å². The Labute approximate surface area is 138 Å². The molecule has 1 heterocycles. The third-order valence-corrected chi connectivity index (χ3v) is 2.75. The summed E-state index contributed by atoms with van der Waals surface area (Å²) in [6, 6.07) is 0. The lowest BCUT2D eigenvalue weighted by molar-refractivity contribution is 0.0469. The Hall–Kier alpha value is -1.70. The predicted octanol–water partition coefficient (Wildman–Crippen LogP) is 2.27. The molecule has 122 valence electrons. The Morgan fingerprint density at radius 2 is 1.86 bits per heavy atom. The zero-order valence-corrected chi connectivity index (χ0v) is 14.9. The van der Waals surface area contributed by atoms with Crippen molar-refractivity contribution < 1.29 is 14.3 Å². The van der Waals surface area contributed by atoms with Crippen molar-refractivity contribution in [2.24, 2.45) is 0 Å². The van der Waals surface area contributed by atoms with E-state index in [4.69, 9.17) is 4.74 Å². The summed E-state index contributed by atoms with van der Waals surface area (Å²) in [6.07, 6.45) is 2.33. The van der Waals surface area contributed by atoms with E-state index in [0.29, 0.717) is 4.60 Å². The molecule has 0 fully saturated rings. The van der Waals surface area contributed by atoms with E-state index in [1.54, 1.807) is 34.6 Å². The lowest BCUT2D eigenvalue weighted by Crippen LogP contribution is -2.52. The van der Waals surface area contributed by atoms with E-state index >= 15 is 0 Å². The van der Waals surface area contributed by atoms with E-state index in [2.05, 4.69) is 36.5 Å². The molecule has 8 heteroatoms. The van der Waals surface area contributed by atoms with Crippen LogP contribution in [-0.4, -0.2) is 39.7 Å². The fourth-order valence-corrected chi connectivity index (χ4v) is 1.78. The maximum absolute atomic E-state index is 12.0. The first kappa shape index (κ1) is 18.3. The fraction of sp³-hybridized carbons (Fsp3) is 0.571. The number of ether oxygens (including phenoxy) is 1. The van der Waals surface area contributed by atoms with E-state index in [0.717, 1.165) is 0 Å². The van der Waals surface area contributed by atoms with Gasteiger partial charge >= 0.3 is 6.09 Å². The molecule has 0 aromatic carbocycles. The zero-order valence-electron chi connectivity index (χ0n) is 13.4. The van der Waals surface area contributed by atoms with Gasteiger partial charge in [-0.3, -0.25) is 9.78 Å². The SMILES string of the molecule is CC(C)(CNC(=O)c1cncc(Br)n1)NC(=O)OC(C)(C)C. The van der Waals surface area contributed by atoms with Crippen LogP contribution in [0.1, 0.15) is 45.1 Å². The molecular weight excluding hydrogens is 352 g/mol. The molecule has 0 saturated carbocycles. The Kier molecular flexibility index (Phi) is 5.87. The summed E-state index contributed by atoms with van der Waals surface area (Å²) >= 11 is 3.15. The van der Waals surface area contributed by atoms with Crippen LogP contribution < -0.4 is 10.6 Å². The van der Waals surface area contributed by atoms with Crippen LogP contribution in [-0.2, 0) is 4.74 Å². The number of hydrogen-bond acceptors (Lipinski definition) is 5. The van der Waals surface area contributed by atoms with Gasteiger partial charge in [-0.15, -0.1) is 0 Å². The van der Waals surface area contributed by atoms with Gasteiger partial charge in [0, 0.05) is 6.54 Å². The van der Waals surface area contributed by atoms with Crippen LogP contribution >= 0.6 is 15.9 Å². The minimum absolute atomic E-state index is 0.197. The number of hydrogen-bond donors (Lipinski definition) is 2. The number of nitrogens with one attached hydrogen (secondary N) is 2. The Balaban J connectivity index is 2.55. The molecule has 0 atom stereocenters. The van der Waals surface area contributed by atoms with Gasteiger partial charge in [0.1, 0.15) is 15.9 Å². The molecule has 1 aromatic rings. The van der Waals surface area contributed by atoms with Crippen molar-refractivity contribution in [2.75, 3.05) is 6.54 Å². The Bertz CT molecular complexity index is 555. The first-order valence-electron chi connectivity index (χ1n) is 6.75. The minimum Gasteiger partial charge on any atom is -0.444 e. The van der Waals surface area contributed by atoms with Crippen LogP contribution in [0.15, 0.2) is 17.0 Å². The predicted molar refractivity (Wildman–Crippen MR) is 85.5 cm³/mol. The van der Waals surface area contributed by atoms with E-state index in [1.807, 2.05) is 0 Å². The average Bonchev–Trinajstić information content (AvgIpc) is 2.33. The number of halogens is 1. The summed E-state index contributed by atoms with van der Waals surface area (Å²) in [7, 11) is 0. The highest BCUT2D eigenvalue weighted by Gasteiger charge is 2.25. The number of rotatable bonds is 4.